The number of aryl methyl sites for hydroxylation is 1. The van der Waals surface area contributed by atoms with Crippen molar-refractivity contribution >= 4 is 11.8 Å². The molecule has 0 aliphatic rings. The average Bonchev–Trinajstić information content (AvgIpc) is 2.78. The zero-order chi connectivity index (χ0) is 22.8. The minimum atomic E-state index is -0.579. The van der Waals surface area contributed by atoms with Crippen LogP contribution >= 0.6 is 0 Å². The number of carbonyl (C=O) groups excluding carboxylic acids is 2. The molecule has 2 amide bonds. The predicted molar refractivity (Wildman–Crippen MR) is 122 cm³/mol. The SMILES string of the molecule is CC[C@@H](C)NC(=O)[C@H](CC)N(Cc1ccc(OC)cc1)C(=O)COc1ccc(C)cc1. The first-order valence-corrected chi connectivity index (χ1v) is 10.8. The molecule has 0 unspecified atom stereocenters. The number of rotatable bonds is 11. The lowest BCUT2D eigenvalue weighted by Crippen LogP contribution is -2.51. The fourth-order valence-electron chi connectivity index (χ4n) is 3.15. The summed E-state index contributed by atoms with van der Waals surface area (Å²) in [6.07, 6.45) is 1.33. The van der Waals surface area contributed by atoms with E-state index in [4.69, 9.17) is 9.47 Å². The summed E-state index contributed by atoms with van der Waals surface area (Å²) in [4.78, 5) is 27.7. The molecular weight excluding hydrogens is 392 g/mol. The van der Waals surface area contributed by atoms with E-state index in [1.165, 1.54) is 0 Å². The molecule has 31 heavy (non-hydrogen) atoms. The Balaban J connectivity index is 2.20. The smallest absolute Gasteiger partial charge is 0.261 e. The minimum absolute atomic E-state index is 0.0447. The number of amides is 2. The van der Waals surface area contributed by atoms with E-state index in [0.717, 1.165) is 23.3 Å². The molecule has 0 aliphatic carbocycles. The number of hydrogen-bond donors (Lipinski definition) is 1. The third-order valence-corrected chi connectivity index (χ3v) is 5.28. The Hall–Kier alpha value is -3.02. The summed E-state index contributed by atoms with van der Waals surface area (Å²) in [5.74, 6) is 0.989. The lowest BCUT2D eigenvalue weighted by Gasteiger charge is -2.31. The van der Waals surface area contributed by atoms with Crippen LogP contribution in [-0.2, 0) is 16.1 Å². The lowest BCUT2D eigenvalue weighted by molar-refractivity contribution is -0.143. The Bertz CT molecular complexity index is 834. The first-order valence-electron chi connectivity index (χ1n) is 10.8. The second-order valence-corrected chi connectivity index (χ2v) is 7.71. The van der Waals surface area contributed by atoms with E-state index in [9.17, 15) is 9.59 Å². The summed E-state index contributed by atoms with van der Waals surface area (Å²) in [5.41, 5.74) is 2.03. The van der Waals surface area contributed by atoms with Gasteiger partial charge in [-0.25, -0.2) is 0 Å². The maximum Gasteiger partial charge on any atom is 0.261 e. The molecule has 0 saturated carbocycles. The van der Waals surface area contributed by atoms with E-state index in [1.54, 1.807) is 12.0 Å². The van der Waals surface area contributed by atoms with Crippen molar-refractivity contribution < 1.29 is 19.1 Å². The van der Waals surface area contributed by atoms with E-state index in [0.29, 0.717) is 18.7 Å². The zero-order valence-electron chi connectivity index (χ0n) is 19.2. The Morgan fingerprint density at radius 1 is 0.968 bits per heavy atom. The molecule has 0 heterocycles. The third-order valence-electron chi connectivity index (χ3n) is 5.28. The summed E-state index contributed by atoms with van der Waals surface area (Å²) < 4.78 is 10.9. The molecule has 0 radical (unpaired) electrons. The van der Waals surface area contributed by atoms with Gasteiger partial charge in [0.25, 0.3) is 5.91 Å². The van der Waals surface area contributed by atoms with Crippen molar-refractivity contribution in [2.75, 3.05) is 13.7 Å². The number of nitrogens with zero attached hydrogens (tertiary/aromatic N) is 1. The highest BCUT2D eigenvalue weighted by atomic mass is 16.5. The fraction of sp³-hybridized carbons (Fsp3) is 0.440. The van der Waals surface area contributed by atoms with Crippen LogP contribution in [-0.4, -0.2) is 42.5 Å². The Morgan fingerprint density at radius 2 is 1.58 bits per heavy atom. The van der Waals surface area contributed by atoms with Crippen LogP contribution in [0.25, 0.3) is 0 Å². The number of benzene rings is 2. The van der Waals surface area contributed by atoms with Gasteiger partial charge in [0, 0.05) is 12.6 Å². The van der Waals surface area contributed by atoms with Crippen molar-refractivity contribution in [2.45, 2.75) is 59.2 Å². The van der Waals surface area contributed by atoms with Crippen molar-refractivity contribution in [3.63, 3.8) is 0 Å². The number of methoxy groups -OCH3 is 1. The van der Waals surface area contributed by atoms with Crippen molar-refractivity contribution in [3.8, 4) is 11.5 Å². The van der Waals surface area contributed by atoms with E-state index in [2.05, 4.69) is 5.32 Å². The van der Waals surface area contributed by atoms with E-state index in [1.807, 2.05) is 76.2 Å². The first-order chi connectivity index (χ1) is 14.9. The zero-order valence-corrected chi connectivity index (χ0v) is 19.2. The maximum absolute atomic E-state index is 13.2. The highest BCUT2D eigenvalue weighted by molar-refractivity contribution is 5.88. The van der Waals surface area contributed by atoms with Gasteiger partial charge in [-0.15, -0.1) is 0 Å². The molecule has 6 heteroatoms. The molecular formula is C25H34N2O4. The van der Waals surface area contributed by atoms with Crippen LogP contribution in [0.2, 0.25) is 0 Å². The molecule has 0 saturated heterocycles. The summed E-state index contributed by atoms with van der Waals surface area (Å²) in [5, 5.41) is 3.01. The normalized spacial score (nSPS) is 12.5. The number of ether oxygens (including phenoxy) is 2. The van der Waals surface area contributed by atoms with Gasteiger partial charge in [-0.2, -0.15) is 0 Å². The number of hydrogen-bond acceptors (Lipinski definition) is 4. The van der Waals surface area contributed by atoms with Gasteiger partial charge in [0.15, 0.2) is 6.61 Å². The quantitative estimate of drug-likeness (QED) is 0.587. The van der Waals surface area contributed by atoms with Gasteiger partial charge in [0.2, 0.25) is 5.91 Å². The summed E-state index contributed by atoms with van der Waals surface area (Å²) in [6.45, 7) is 8.06. The molecule has 0 aromatic heterocycles. The van der Waals surface area contributed by atoms with Crippen LogP contribution < -0.4 is 14.8 Å². The van der Waals surface area contributed by atoms with Gasteiger partial charge < -0.3 is 19.7 Å². The van der Waals surface area contributed by atoms with E-state index in [-0.39, 0.29) is 24.5 Å². The van der Waals surface area contributed by atoms with Gasteiger partial charge >= 0.3 is 0 Å². The van der Waals surface area contributed by atoms with Gasteiger partial charge in [0.05, 0.1) is 7.11 Å². The van der Waals surface area contributed by atoms with Crippen molar-refractivity contribution in [1.82, 2.24) is 10.2 Å². The monoisotopic (exact) mass is 426 g/mol. The van der Waals surface area contributed by atoms with Gasteiger partial charge in [-0.05, 0) is 56.5 Å². The Morgan fingerprint density at radius 3 is 2.13 bits per heavy atom. The summed E-state index contributed by atoms with van der Waals surface area (Å²) in [6, 6.07) is 14.5. The number of carbonyl (C=O) groups is 2. The largest absolute Gasteiger partial charge is 0.497 e. The standard InChI is InChI=1S/C25H34N2O4/c1-6-19(4)26-25(29)23(7-2)27(16-20-10-14-21(30-5)15-11-20)24(28)17-31-22-12-8-18(3)9-13-22/h8-15,19,23H,6-7,16-17H2,1-5H3,(H,26,29)/t19-,23+/m1/s1. The van der Waals surface area contributed by atoms with Crippen LogP contribution in [0.5, 0.6) is 11.5 Å². The highest BCUT2D eigenvalue weighted by Gasteiger charge is 2.29. The second kappa shape index (κ2) is 12.0. The molecule has 2 atom stereocenters. The third kappa shape index (κ3) is 7.31. The molecule has 2 aromatic rings. The molecule has 2 aromatic carbocycles. The van der Waals surface area contributed by atoms with Crippen LogP contribution in [0.3, 0.4) is 0 Å². The molecule has 2 rings (SSSR count). The molecule has 168 valence electrons. The van der Waals surface area contributed by atoms with Crippen LogP contribution in [0.4, 0.5) is 0 Å². The fourth-order valence-corrected chi connectivity index (χ4v) is 3.15. The lowest BCUT2D eigenvalue weighted by atomic mass is 10.1. The van der Waals surface area contributed by atoms with Crippen LogP contribution in [0, 0.1) is 6.92 Å². The van der Waals surface area contributed by atoms with E-state index < -0.39 is 6.04 Å². The van der Waals surface area contributed by atoms with E-state index >= 15 is 0 Å². The van der Waals surface area contributed by atoms with Crippen molar-refractivity contribution in [3.05, 3.63) is 59.7 Å². The Labute approximate surface area is 185 Å². The molecule has 0 aliphatic heterocycles. The average molecular weight is 427 g/mol. The molecule has 1 N–H and O–H groups in total. The maximum atomic E-state index is 13.2. The predicted octanol–water partition coefficient (Wildman–Crippen LogP) is 4.10. The van der Waals surface area contributed by atoms with Crippen LogP contribution in [0.15, 0.2) is 48.5 Å². The summed E-state index contributed by atoms with van der Waals surface area (Å²) in [7, 11) is 1.61. The number of nitrogens with one attached hydrogen (secondary N) is 1. The van der Waals surface area contributed by atoms with Crippen LogP contribution in [0.1, 0.15) is 44.7 Å². The minimum Gasteiger partial charge on any atom is -0.497 e. The van der Waals surface area contributed by atoms with Gasteiger partial charge in [-0.3, -0.25) is 9.59 Å². The first kappa shape index (κ1) is 24.3. The summed E-state index contributed by atoms with van der Waals surface area (Å²) >= 11 is 0. The van der Waals surface area contributed by atoms with Gasteiger partial charge in [0.1, 0.15) is 17.5 Å². The molecule has 0 spiro atoms. The molecule has 6 nitrogen and oxygen atoms in total. The molecule has 0 bridgehead atoms. The Kier molecular flexibility index (Phi) is 9.38. The second-order valence-electron chi connectivity index (χ2n) is 7.71. The van der Waals surface area contributed by atoms with Crippen molar-refractivity contribution in [1.29, 1.82) is 0 Å². The van der Waals surface area contributed by atoms with Crippen molar-refractivity contribution in [2.24, 2.45) is 0 Å². The topological polar surface area (TPSA) is 67.9 Å². The highest BCUT2D eigenvalue weighted by Crippen LogP contribution is 2.17. The molecule has 0 fully saturated rings. The van der Waals surface area contributed by atoms with Gasteiger partial charge in [-0.1, -0.05) is 43.7 Å².